The number of aliphatic imine (C=N–C) groups is 1. The first-order chi connectivity index (χ1) is 9.17. The molecule has 0 saturated carbocycles. The van der Waals surface area contributed by atoms with Crippen molar-refractivity contribution in [2.45, 2.75) is 26.8 Å². The summed E-state index contributed by atoms with van der Waals surface area (Å²) in [5, 5.41) is 3.00. The summed E-state index contributed by atoms with van der Waals surface area (Å²) in [6, 6.07) is 7.17. The molecule has 0 radical (unpaired) electrons. The van der Waals surface area contributed by atoms with E-state index in [4.69, 9.17) is 10.5 Å². The van der Waals surface area contributed by atoms with Crippen molar-refractivity contribution in [2.24, 2.45) is 10.7 Å². The van der Waals surface area contributed by atoms with Crippen LogP contribution in [0.15, 0.2) is 29.3 Å². The van der Waals surface area contributed by atoms with Crippen LogP contribution in [0.4, 0.5) is 0 Å². The molecule has 1 aromatic rings. The van der Waals surface area contributed by atoms with Crippen LogP contribution in [0.3, 0.4) is 0 Å². The Morgan fingerprint density at radius 1 is 1.32 bits per heavy atom. The molecule has 19 heavy (non-hydrogen) atoms. The summed E-state index contributed by atoms with van der Waals surface area (Å²) >= 11 is 0. The maximum Gasteiger partial charge on any atom is 0.338 e. The van der Waals surface area contributed by atoms with E-state index in [-0.39, 0.29) is 5.97 Å². The maximum absolute atomic E-state index is 11.5. The Morgan fingerprint density at radius 3 is 2.58 bits per heavy atom. The van der Waals surface area contributed by atoms with Gasteiger partial charge in [-0.1, -0.05) is 19.1 Å². The molecule has 0 spiro atoms. The Bertz CT molecular complexity index is 427. The van der Waals surface area contributed by atoms with Crippen LogP contribution in [0.1, 0.15) is 36.2 Å². The van der Waals surface area contributed by atoms with Crippen molar-refractivity contribution in [1.82, 2.24) is 5.32 Å². The Balaban J connectivity index is 2.55. The van der Waals surface area contributed by atoms with Crippen molar-refractivity contribution < 1.29 is 9.53 Å². The first kappa shape index (κ1) is 15.0. The first-order valence-electron chi connectivity index (χ1n) is 6.47. The zero-order chi connectivity index (χ0) is 14.1. The van der Waals surface area contributed by atoms with Crippen LogP contribution in [0.25, 0.3) is 0 Å². The standard InChI is InChI=1S/C14H21N3O2/c1-3-9-16-14(15)17-10-11-5-7-12(8-6-11)13(18)19-4-2/h5-8H,3-4,9-10H2,1-2H3,(H3,15,16,17). The number of carbonyl (C=O) groups excluding carboxylic acids is 1. The number of hydrogen-bond acceptors (Lipinski definition) is 3. The number of rotatable bonds is 6. The molecular formula is C14H21N3O2. The van der Waals surface area contributed by atoms with E-state index >= 15 is 0 Å². The number of hydrogen-bond donors (Lipinski definition) is 2. The summed E-state index contributed by atoms with van der Waals surface area (Å²) in [6.07, 6.45) is 1.00. The number of carbonyl (C=O) groups is 1. The zero-order valence-corrected chi connectivity index (χ0v) is 11.5. The third-order valence-corrected chi connectivity index (χ3v) is 2.45. The third-order valence-electron chi connectivity index (χ3n) is 2.45. The van der Waals surface area contributed by atoms with Crippen molar-refractivity contribution in [3.05, 3.63) is 35.4 Å². The van der Waals surface area contributed by atoms with Gasteiger partial charge in [0.05, 0.1) is 18.7 Å². The summed E-state index contributed by atoms with van der Waals surface area (Å²) in [6.45, 7) is 5.54. The van der Waals surface area contributed by atoms with Crippen LogP contribution in [0.5, 0.6) is 0 Å². The number of guanidine groups is 1. The van der Waals surface area contributed by atoms with Gasteiger partial charge in [0.1, 0.15) is 0 Å². The number of nitrogens with zero attached hydrogens (tertiary/aromatic N) is 1. The molecule has 1 rings (SSSR count). The summed E-state index contributed by atoms with van der Waals surface area (Å²) in [5.41, 5.74) is 7.23. The first-order valence-corrected chi connectivity index (χ1v) is 6.47. The zero-order valence-electron chi connectivity index (χ0n) is 11.5. The number of ether oxygens (including phenoxy) is 1. The summed E-state index contributed by atoms with van der Waals surface area (Å²) < 4.78 is 4.91. The second-order valence-corrected chi connectivity index (χ2v) is 4.05. The van der Waals surface area contributed by atoms with Gasteiger partial charge in [0.25, 0.3) is 0 Å². The second-order valence-electron chi connectivity index (χ2n) is 4.05. The minimum atomic E-state index is -0.304. The van der Waals surface area contributed by atoms with E-state index in [1.54, 1.807) is 19.1 Å². The van der Waals surface area contributed by atoms with Crippen molar-refractivity contribution in [3.63, 3.8) is 0 Å². The Kier molecular flexibility index (Phi) is 6.43. The van der Waals surface area contributed by atoms with Gasteiger partial charge < -0.3 is 15.8 Å². The van der Waals surface area contributed by atoms with E-state index in [1.807, 2.05) is 12.1 Å². The fourth-order valence-corrected chi connectivity index (χ4v) is 1.45. The van der Waals surface area contributed by atoms with Gasteiger partial charge >= 0.3 is 5.97 Å². The van der Waals surface area contributed by atoms with Crippen molar-refractivity contribution in [2.75, 3.05) is 13.2 Å². The minimum absolute atomic E-state index is 0.304. The molecule has 0 aromatic heterocycles. The molecule has 0 bridgehead atoms. The lowest BCUT2D eigenvalue weighted by molar-refractivity contribution is 0.0526. The molecule has 3 N–H and O–H groups in total. The molecule has 0 aliphatic heterocycles. The molecule has 5 nitrogen and oxygen atoms in total. The minimum Gasteiger partial charge on any atom is -0.462 e. The Labute approximate surface area is 113 Å². The van der Waals surface area contributed by atoms with Gasteiger partial charge in [-0.15, -0.1) is 0 Å². The molecule has 0 unspecified atom stereocenters. The van der Waals surface area contributed by atoms with E-state index < -0.39 is 0 Å². The number of nitrogens with one attached hydrogen (secondary N) is 1. The topological polar surface area (TPSA) is 76.7 Å². The molecular weight excluding hydrogens is 242 g/mol. The summed E-state index contributed by atoms with van der Waals surface area (Å²) in [5.74, 6) is 0.137. The van der Waals surface area contributed by atoms with Gasteiger partial charge in [-0.3, -0.25) is 0 Å². The predicted octanol–water partition coefficient (Wildman–Crippen LogP) is 1.68. The molecule has 0 atom stereocenters. The van der Waals surface area contributed by atoms with Gasteiger partial charge in [0.15, 0.2) is 5.96 Å². The summed E-state index contributed by atoms with van der Waals surface area (Å²) in [4.78, 5) is 15.7. The predicted molar refractivity (Wildman–Crippen MR) is 76.0 cm³/mol. The van der Waals surface area contributed by atoms with E-state index in [2.05, 4.69) is 17.2 Å². The fourth-order valence-electron chi connectivity index (χ4n) is 1.45. The van der Waals surface area contributed by atoms with Gasteiger partial charge in [-0.05, 0) is 31.0 Å². The molecule has 0 aliphatic rings. The number of nitrogens with two attached hydrogens (primary N) is 1. The normalized spacial score (nSPS) is 11.2. The highest BCUT2D eigenvalue weighted by Crippen LogP contribution is 2.07. The van der Waals surface area contributed by atoms with Crippen LogP contribution < -0.4 is 11.1 Å². The molecule has 0 heterocycles. The highest BCUT2D eigenvalue weighted by atomic mass is 16.5. The van der Waals surface area contributed by atoms with E-state index in [0.717, 1.165) is 18.5 Å². The van der Waals surface area contributed by atoms with E-state index in [9.17, 15) is 4.79 Å². The average molecular weight is 263 g/mol. The molecule has 0 aliphatic carbocycles. The van der Waals surface area contributed by atoms with Gasteiger partial charge in [-0.25, -0.2) is 9.79 Å². The molecule has 0 amide bonds. The third kappa shape index (κ3) is 5.42. The highest BCUT2D eigenvalue weighted by Gasteiger charge is 2.05. The monoisotopic (exact) mass is 263 g/mol. The smallest absolute Gasteiger partial charge is 0.338 e. The van der Waals surface area contributed by atoms with Crippen molar-refractivity contribution >= 4 is 11.9 Å². The molecule has 104 valence electrons. The van der Waals surface area contributed by atoms with Gasteiger partial charge in [0, 0.05) is 6.54 Å². The van der Waals surface area contributed by atoms with Crippen LogP contribution in [0, 0.1) is 0 Å². The maximum atomic E-state index is 11.5. The van der Waals surface area contributed by atoms with Crippen LogP contribution in [-0.4, -0.2) is 25.1 Å². The lowest BCUT2D eigenvalue weighted by Crippen LogP contribution is -2.32. The van der Waals surface area contributed by atoms with Crippen molar-refractivity contribution in [3.8, 4) is 0 Å². The molecule has 0 saturated heterocycles. The molecule has 1 aromatic carbocycles. The quantitative estimate of drug-likeness (QED) is 0.465. The molecule has 0 fully saturated rings. The largest absolute Gasteiger partial charge is 0.462 e. The highest BCUT2D eigenvalue weighted by molar-refractivity contribution is 5.89. The lowest BCUT2D eigenvalue weighted by atomic mass is 10.1. The van der Waals surface area contributed by atoms with E-state index in [1.165, 1.54) is 0 Å². The van der Waals surface area contributed by atoms with Crippen LogP contribution in [0.2, 0.25) is 0 Å². The number of esters is 1. The fraction of sp³-hybridized carbons (Fsp3) is 0.429. The van der Waals surface area contributed by atoms with Crippen molar-refractivity contribution in [1.29, 1.82) is 0 Å². The SMILES string of the molecule is CCCNC(N)=NCc1ccc(C(=O)OCC)cc1. The van der Waals surface area contributed by atoms with Gasteiger partial charge in [-0.2, -0.15) is 0 Å². The molecule has 5 heteroatoms. The summed E-state index contributed by atoms with van der Waals surface area (Å²) in [7, 11) is 0. The van der Waals surface area contributed by atoms with Gasteiger partial charge in [0.2, 0.25) is 0 Å². The van der Waals surface area contributed by atoms with E-state index in [0.29, 0.717) is 24.7 Å². The Hall–Kier alpha value is -2.04. The Morgan fingerprint density at radius 2 is 2.00 bits per heavy atom. The number of benzene rings is 1. The lowest BCUT2D eigenvalue weighted by Gasteiger charge is -2.04. The average Bonchev–Trinajstić information content (AvgIpc) is 2.43. The van der Waals surface area contributed by atoms with Crippen LogP contribution >= 0.6 is 0 Å². The second kappa shape index (κ2) is 8.13. The van der Waals surface area contributed by atoms with Crippen LogP contribution in [-0.2, 0) is 11.3 Å².